The predicted molar refractivity (Wildman–Crippen MR) is 95.6 cm³/mol. The third-order valence-electron chi connectivity index (χ3n) is 8.22. The van der Waals surface area contributed by atoms with Crippen LogP contribution in [-0.4, -0.2) is 44.6 Å². The molecule has 0 spiro atoms. The normalized spacial score (nSPS) is 48.3. The van der Waals surface area contributed by atoms with Crippen molar-refractivity contribution in [2.45, 2.75) is 57.7 Å². The zero-order valence-electron chi connectivity index (χ0n) is 15.6. The van der Waals surface area contributed by atoms with Gasteiger partial charge in [0.05, 0.1) is 6.10 Å². The van der Waals surface area contributed by atoms with Gasteiger partial charge in [0, 0.05) is 16.7 Å². The zero-order chi connectivity index (χ0) is 19.8. The summed E-state index contributed by atoms with van der Waals surface area (Å²) >= 11 is 0. The molecule has 0 aromatic rings. The van der Waals surface area contributed by atoms with Crippen LogP contribution in [0, 0.1) is 28.6 Å². The average molecular weight is 374 g/mol. The first-order valence-corrected chi connectivity index (χ1v) is 9.67. The molecule has 4 aliphatic rings. The molecule has 0 heterocycles. The molecule has 4 aliphatic carbocycles. The molecular formula is C21H26O6. The summed E-state index contributed by atoms with van der Waals surface area (Å²) in [6.07, 6.45) is 6.71. The second-order valence-corrected chi connectivity index (χ2v) is 9.24. The molecule has 0 aromatic heterocycles. The standard InChI is InChI=1S/C21H26O6/c1-19-7-5-12(22)9-11(19)3-4-13-14-6-8-21(27,17(24)18(25)26)20(14,2)10-15(23)16(13)19/h5,7,9,13-16,23,27H,3-4,6,8,10H2,1-2H3,(H,25,26)/t13-,14-,15?,16+,19-,20-,21-/m0/s1. The number of carbonyl (C=O) groups is 3. The zero-order valence-corrected chi connectivity index (χ0v) is 15.6. The molecule has 7 atom stereocenters. The smallest absolute Gasteiger partial charge is 0.375 e. The van der Waals surface area contributed by atoms with Crippen LogP contribution in [0.4, 0.5) is 0 Å². The van der Waals surface area contributed by atoms with Crippen LogP contribution >= 0.6 is 0 Å². The molecule has 27 heavy (non-hydrogen) atoms. The Kier molecular flexibility index (Phi) is 3.86. The summed E-state index contributed by atoms with van der Waals surface area (Å²) in [7, 11) is 0. The molecule has 0 bridgehead atoms. The minimum Gasteiger partial charge on any atom is -0.475 e. The molecule has 4 rings (SSSR count). The van der Waals surface area contributed by atoms with Crippen molar-refractivity contribution >= 4 is 17.5 Å². The summed E-state index contributed by atoms with van der Waals surface area (Å²) in [5, 5.41) is 31.4. The fourth-order valence-corrected chi connectivity index (χ4v) is 6.88. The number of Topliss-reactive ketones (excluding diaryl/α,β-unsaturated/α-hetero) is 1. The first kappa shape index (κ1) is 18.6. The maximum absolute atomic E-state index is 12.3. The predicted octanol–water partition coefficient (Wildman–Crippen LogP) is 1.65. The molecule has 0 radical (unpaired) electrons. The lowest BCUT2D eigenvalue weighted by atomic mass is 9.46. The van der Waals surface area contributed by atoms with E-state index in [9.17, 15) is 29.7 Å². The Balaban J connectivity index is 1.75. The van der Waals surface area contributed by atoms with E-state index in [4.69, 9.17) is 0 Å². The van der Waals surface area contributed by atoms with Crippen LogP contribution in [0.15, 0.2) is 23.8 Å². The molecule has 0 amide bonds. The van der Waals surface area contributed by atoms with E-state index in [0.29, 0.717) is 6.42 Å². The third-order valence-corrected chi connectivity index (χ3v) is 8.22. The number of fused-ring (bicyclic) bond motifs is 5. The van der Waals surface area contributed by atoms with Crippen molar-refractivity contribution in [1.82, 2.24) is 0 Å². The number of carboxylic acids is 1. The van der Waals surface area contributed by atoms with Crippen LogP contribution < -0.4 is 0 Å². The Morgan fingerprint density at radius 3 is 2.59 bits per heavy atom. The molecule has 6 nitrogen and oxygen atoms in total. The summed E-state index contributed by atoms with van der Waals surface area (Å²) in [6, 6.07) is 0. The number of carboxylic acid groups (broad SMARTS) is 1. The van der Waals surface area contributed by atoms with Crippen molar-refractivity contribution in [3.63, 3.8) is 0 Å². The van der Waals surface area contributed by atoms with Gasteiger partial charge < -0.3 is 15.3 Å². The van der Waals surface area contributed by atoms with E-state index in [-0.39, 0.29) is 36.4 Å². The van der Waals surface area contributed by atoms with Crippen LogP contribution in [0.5, 0.6) is 0 Å². The Hall–Kier alpha value is -1.79. The number of aliphatic hydroxyl groups excluding tert-OH is 1. The molecule has 1 unspecified atom stereocenters. The first-order chi connectivity index (χ1) is 12.5. The Bertz CT molecular complexity index is 796. The summed E-state index contributed by atoms with van der Waals surface area (Å²) < 4.78 is 0. The molecule has 6 heteroatoms. The van der Waals surface area contributed by atoms with E-state index >= 15 is 0 Å². The summed E-state index contributed by atoms with van der Waals surface area (Å²) in [5.41, 5.74) is -2.29. The molecule has 146 valence electrons. The average Bonchev–Trinajstić information content (AvgIpc) is 2.86. The molecule has 3 N–H and O–H groups in total. The van der Waals surface area contributed by atoms with Crippen molar-refractivity contribution in [2.24, 2.45) is 28.6 Å². The Morgan fingerprint density at radius 1 is 1.22 bits per heavy atom. The van der Waals surface area contributed by atoms with Crippen molar-refractivity contribution in [1.29, 1.82) is 0 Å². The number of ketones is 2. The van der Waals surface area contributed by atoms with Gasteiger partial charge in [0.2, 0.25) is 0 Å². The maximum Gasteiger partial charge on any atom is 0.375 e. The fourth-order valence-electron chi connectivity index (χ4n) is 6.88. The van der Waals surface area contributed by atoms with Crippen molar-refractivity contribution in [3.05, 3.63) is 23.8 Å². The monoisotopic (exact) mass is 374 g/mol. The van der Waals surface area contributed by atoms with Gasteiger partial charge in [-0.05, 0) is 56.1 Å². The molecule has 0 aromatic carbocycles. The van der Waals surface area contributed by atoms with Gasteiger partial charge in [-0.25, -0.2) is 4.79 Å². The van der Waals surface area contributed by atoms with Crippen molar-refractivity contribution in [2.75, 3.05) is 0 Å². The highest BCUT2D eigenvalue weighted by molar-refractivity contribution is 6.36. The largest absolute Gasteiger partial charge is 0.475 e. The molecule has 0 aliphatic heterocycles. The number of hydrogen-bond acceptors (Lipinski definition) is 5. The molecule has 3 saturated carbocycles. The van der Waals surface area contributed by atoms with Gasteiger partial charge in [0.15, 0.2) is 5.78 Å². The molecular weight excluding hydrogens is 348 g/mol. The lowest BCUT2D eigenvalue weighted by Crippen LogP contribution is -2.62. The number of hydrogen-bond donors (Lipinski definition) is 3. The minimum absolute atomic E-state index is 0.0293. The van der Waals surface area contributed by atoms with Gasteiger partial charge in [-0.1, -0.05) is 25.5 Å². The Labute approximate surface area is 158 Å². The van der Waals surface area contributed by atoms with E-state index in [1.165, 1.54) is 0 Å². The van der Waals surface area contributed by atoms with Crippen molar-refractivity contribution < 1.29 is 29.7 Å². The summed E-state index contributed by atoms with van der Waals surface area (Å²) in [4.78, 5) is 35.5. The van der Waals surface area contributed by atoms with Crippen LogP contribution in [0.1, 0.15) is 46.0 Å². The molecule has 0 saturated heterocycles. The Morgan fingerprint density at radius 2 is 1.93 bits per heavy atom. The lowest BCUT2D eigenvalue weighted by molar-refractivity contribution is -0.183. The topological polar surface area (TPSA) is 112 Å². The fraction of sp³-hybridized carbons (Fsp3) is 0.667. The van der Waals surface area contributed by atoms with E-state index < -0.39 is 34.3 Å². The lowest BCUT2D eigenvalue weighted by Gasteiger charge is -2.59. The quantitative estimate of drug-likeness (QED) is 0.634. The van der Waals surface area contributed by atoms with Crippen LogP contribution in [-0.2, 0) is 14.4 Å². The highest BCUT2D eigenvalue weighted by Gasteiger charge is 2.69. The first-order valence-electron chi connectivity index (χ1n) is 9.67. The number of carbonyl (C=O) groups excluding carboxylic acids is 2. The van der Waals surface area contributed by atoms with Gasteiger partial charge in [-0.2, -0.15) is 0 Å². The van der Waals surface area contributed by atoms with E-state index in [2.05, 4.69) is 0 Å². The van der Waals surface area contributed by atoms with E-state index in [1.54, 1.807) is 19.1 Å². The van der Waals surface area contributed by atoms with Crippen LogP contribution in [0.2, 0.25) is 0 Å². The van der Waals surface area contributed by atoms with Crippen LogP contribution in [0.25, 0.3) is 0 Å². The van der Waals surface area contributed by atoms with Crippen molar-refractivity contribution in [3.8, 4) is 0 Å². The van der Waals surface area contributed by atoms with E-state index in [0.717, 1.165) is 18.4 Å². The highest BCUT2D eigenvalue weighted by atomic mass is 16.4. The van der Waals surface area contributed by atoms with E-state index in [1.807, 2.05) is 13.0 Å². The van der Waals surface area contributed by atoms with Gasteiger partial charge in [0.25, 0.3) is 5.78 Å². The van der Waals surface area contributed by atoms with Gasteiger partial charge in [0.1, 0.15) is 5.60 Å². The third kappa shape index (κ3) is 2.23. The summed E-state index contributed by atoms with van der Waals surface area (Å²) in [5.74, 6) is -2.90. The maximum atomic E-state index is 12.3. The summed E-state index contributed by atoms with van der Waals surface area (Å²) in [6.45, 7) is 3.81. The van der Waals surface area contributed by atoms with Crippen LogP contribution in [0.3, 0.4) is 0 Å². The number of aliphatic hydroxyl groups is 2. The van der Waals surface area contributed by atoms with Gasteiger partial charge in [-0.15, -0.1) is 0 Å². The van der Waals surface area contributed by atoms with Gasteiger partial charge in [-0.3, -0.25) is 9.59 Å². The number of rotatable bonds is 2. The minimum atomic E-state index is -1.94. The second kappa shape index (κ2) is 5.61. The second-order valence-electron chi connectivity index (χ2n) is 9.24. The molecule has 3 fully saturated rings. The number of allylic oxidation sites excluding steroid dienone is 4. The SMILES string of the molecule is C[C@]12C=CC(=O)C=C1CC[C@@H]1[C@@H]2C(O)C[C@@]2(C)[C@H]1CC[C@]2(O)C(=O)C(=O)O. The highest BCUT2D eigenvalue weighted by Crippen LogP contribution is 2.67. The van der Waals surface area contributed by atoms with Gasteiger partial charge >= 0.3 is 5.97 Å². The number of aliphatic carboxylic acids is 1.